The zero-order valence-electron chi connectivity index (χ0n) is 10.4. The first-order chi connectivity index (χ1) is 9.58. The number of thiazole rings is 1. The predicted molar refractivity (Wildman–Crippen MR) is 70.8 cm³/mol. The normalized spacial score (nSPS) is 17.8. The lowest BCUT2D eigenvalue weighted by Crippen LogP contribution is -2.17. The van der Waals surface area contributed by atoms with Gasteiger partial charge in [0.1, 0.15) is 16.6 Å². The highest BCUT2D eigenvalue weighted by molar-refractivity contribution is 7.15. The van der Waals surface area contributed by atoms with Crippen LogP contribution in [-0.4, -0.2) is 16.1 Å². The van der Waals surface area contributed by atoms with Crippen LogP contribution in [0, 0.1) is 11.6 Å². The van der Waals surface area contributed by atoms with E-state index in [1.807, 2.05) is 0 Å². The predicted octanol–water partition coefficient (Wildman–Crippen LogP) is 3.59. The fraction of sp³-hybridized carbons (Fsp3) is 0.286. The maximum Gasteiger partial charge on any atom is 0.312 e. The standard InChI is InChI=1S/C14H11F2NO2S/c15-8-4-2-5-9(16)11(8)13-17-12-7(14(18)19)3-1-6-10(12)20-13/h2,4-5,7H,1,3,6H2,(H,18,19). The number of hydrogen-bond donors (Lipinski definition) is 1. The van der Waals surface area contributed by atoms with Crippen molar-refractivity contribution in [3.63, 3.8) is 0 Å². The first kappa shape index (κ1) is 13.2. The molecule has 0 amide bonds. The van der Waals surface area contributed by atoms with Gasteiger partial charge in [0.05, 0.1) is 17.2 Å². The van der Waals surface area contributed by atoms with E-state index in [1.165, 1.54) is 29.5 Å². The van der Waals surface area contributed by atoms with Crippen molar-refractivity contribution in [3.8, 4) is 10.6 Å². The van der Waals surface area contributed by atoms with Gasteiger partial charge in [-0.1, -0.05) is 6.07 Å². The second kappa shape index (κ2) is 4.94. The molecule has 0 spiro atoms. The largest absolute Gasteiger partial charge is 0.481 e. The van der Waals surface area contributed by atoms with Gasteiger partial charge in [-0.05, 0) is 31.4 Å². The Labute approximate surface area is 117 Å². The molecule has 0 saturated heterocycles. The summed E-state index contributed by atoms with van der Waals surface area (Å²) in [7, 11) is 0. The Morgan fingerprint density at radius 2 is 2.05 bits per heavy atom. The summed E-state index contributed by atoms with van der Waals surface area (Å²) < 4.78 is 27.5. The van der Waals surface area contributed by atoms with Crippen LogP contribution in [0.4, 0.5) is 8.78 Å². The Bertz CT molecular complexity index is 664. The summed E-state index contributed by atoms with van der Waals surface area (Å²) in [5.74, 6) is -2.96. The second-order valence-electron chi connectivity index (χ2n) is 4.71. The van der Waals surface area contributed by atoms with Crippen molar-refractivity contribution in [3.05, 3.63) is 40.4 Å². The number of carboxylic acids is 1. The number of aliphatic carboxylic acids is 1. The highest BCUT2D eigenvalue weighted by Gasteiger charge is 2.31. The number of aryl methyl sites for hydroxylation is 1. The molecule has 0 fully saturated rings. The Hall–Kier alpha value is -1.82. The lowest BCUT2D eigenvalue weighted by molar-refractivity contribution is -0.139. The van der Waals surface area contributed by atoms with Crippen LogP contribution < -0.4 is 0 Å². The van der Waals surface area contributed by atoms with Crippen LogP contribution in [0.25, 0.3) is 10.6 Å². The van der Waals surface area contributed by atoms with Gasteiger partial charge in [-0.3, -0.25) is 4.79 Å². The number of nitrogens with zero attached hydrogens (tertiary/aromatic N) is 1. The summed E-state index contributed by atoms with van der Waals surface area (Å²) in [6, 6.07) is 3.64. The van der Waals surface area contributed by atoms with Crippen molar-refractivity contribution in [1.29, 1.82) is 0 Å². The monoisotopic (exact) mass is 295 g/mol. The molecule has 20 heavy (non-hydrogen) atoms. The molecule has 1 unspecified atom stereocenters. The first-order valence-electron chi connectivity index (χ1n) is 6.24. The zero-order chi connectivity index (χ0) is 14.3. The van der Waals surface area contributed by atoms with Crippen molar-refractivity contribution >= 4 is 17.3 Å². The van der Waals surface area contributed by atoms with Gasteiger partial charge in [-0.15, -0.1) is 11.3 Å². The number of carbonyl (C=O) groups is 1. The highest BCUT2D eigenvalue weighted by atomic mass is 32.1. The molecule has 0 saturated carbocycles. The average Bonchev–Trinajstić information content (AvgIpc) is 2.81. The Morgan fingerprint density at radius 1 is 1.35 bits per heavy atom. The fourth-order valence-corrected chi connectivity index (χ4v) is 3.68. The number of halogens is 2. The van der Waals surface area contributed by atoms with E-state index in [2.05, 4.69) is 4.98 Å². The van der Waals surface area contributed by atoms with E-state index in [-0.39, 0.29) is 10.6 Å². The van der Waals surface area contributed by atoms with Gasteiger partial charge < -0.3 is 5.11 Å². The van der Waals surface area contributed by atoms with E-state index in [4.69, 9.17) is 0 Å². The summed E-state index contributed by atoms with van der Waals surface area (Å²) in [5.41, 5.74) is 0.294. The van der Waals surface area contributed by atoms with E-state index >= 15 is 0 Å². The molecule has 0 radical (unpaired) electrons. The topological polar surface area (TPSA) is 50.2 Å². The molecule has 2 aromatic rings. The van der Waals surface area contributed by atoms with Crippen LogP contribution >= 0.6 is 11.3 Å². The lowest BCUT2D eigenvalue weighted by atomic mass is 9.91. The minimum atomic E-state index is -0.934. The third-order valence-corrected chi connectivity index (χ3v) is 4.58. The van der Waals surface area contributed by atoms with Crippen LogP contribution in [0.2, 0.25) is 0 Å². The van der Waals surface area contributed by atoms with Gasteiger partial charge in [0.25, 0.3) is 0 Å². The molecule has 1 heterocycles. The first-order valence-corrected chi connectivity index (χ1v) is 7.06. The van der Waals surface area contributed by atoms with E-state index in [0.29, 0.717) is 18.5 Å². The molecule has 0 bridgehead atoms. The summed E-state index contributed by atoms with van der Waals surface area (Å²) in [5, 5.41) is 9.41. The Kier molecular flexibility index (Phi) is 3.25. The number of carboxylic acid groups (broad SMARTS) is 1. The summed E-state index contributed by atoms with van der Waals surface area (Å²) in [6.07, 6.45) is 1.99. The molecule has 1 atom stereocenters. The molecule has 0 aliphatic heterocycles. The van der Waals surface area contributed by atoms with Crippen molar-refractivity contribution in [2.45, 2.75) is 25.2 Å². The fourth-order valence-electron chi connectivity index (χ4n) is 2.47. The van der Waals surface area contributed by atoms with Gasteiger partial charge in [0, 0.05) is 4.88 Å². The van der Waals surface area contributed by atoms with E-state index in [1.54, 1.807) is 0 Å². The van der Waals surface area contributed by atoms with Crippen molar-refractivity contribution < 1.29 is 18.7 Å². The molecule has 1 aliphatic rings. The molecule has 104 valence electrons. The van der Waals surface area contributed by atoms with Gasteiger partial charge in [0.2, 0.25) is 0 Å². The molecule has 3 nitrogen and oxygen atoms in total. The van der Waals surface area contributed by atoms with Crippen LogP contribution in [0.5, 0.6) is 0 Å². The van der Waals surface area contributed by atoms with Crippen LogP contribution in [0.1, 0.15) is 29.3 Å². The van der Waals surface area contributed by atoms with E-state index < -0.39 is 23.5 Å². The number of rotatable bonds is 2. The maximum absolute atomic E-state index is 13.8. The Balaban J connectivity index is 2.12. The van der Waals surface area contributed by atoms with Crippen LogP contribution in [0.15, 0.2) is 18.2 Å². The molecule has 1 N–H and O–H groups in total. The van der Waals surface area contributed by atoms with E-state index in [9.17, 15) is 18.7 Å². The summed E-state index contributed by atoms with van der Waals surface area (Å²) in [6.45, 7) is 0. The highest BCUT2D eigenvalue weighted by Crippen LogP contribution is 2.39. The van der Waals surface area contributed by atoms with Gasteiger partial charge in [-0.2, -0.15) is 0 Å². The number of hydrogen-bond acceptors (Lipinski definition) is 3. The molecule has 1 aromatic heterocycles. The number of benzene rings is 1. The number of fused-ring (bicyclic) bond motifs is 1. The second-order valence-corrected chi connectivity index (χ2v) is 5.79. The summed E-state index contributed by atoms with van der Waals surface area (Å²) >= 11 is 1.18. The van der Waals surface area contributed by atoms with Crippen LogP contribution in [0.3, 0.4) is 0 Å². The number of aromatic nitrogens is 1. The molecular weight excluding hydrogens is 284 g/mol. The lowest BCUT2D eigenvalue weighted by Gasteiger charge is -2.16. The van der Waals surface area contributed by atoms with Crippen molar-refractivity contribution in [1.82, 2.24) is 4.98 Å². The average molecular weight is 295 g/mol. The smallest absolute Gasteiger partial charge is 0.312 e. The third kappa shape index (κ3) is 2.10. The molecule has 1 aromatic carbocycles. The van der Waals surface area contributed by atoms with E-state index in [0.717, 1.165) is 11.3 Å². The maximum atomic E-state index is 13.8. The van der Waals surface area contributed by atoms with Crippen molar-refractivity contribution in [2.75, 3.05) is 0 Å². The van der Waals surface area contributed by atoms with Gasteiger partial charge in [0.15, 0.2) is 0 Å². The van der Waals surface area contributed by atoms with Gasteiger partial charge in [-0.25, -0.2) is 13.8 Å². The molecular formula is C14H11F2NO2S. The summed E-state index contributed by atoms with van der Waals surface area (Å²) in [4.78, 5) is 16.2. The van der Waals surface area contributed by atoms with Crippen LogP contribution in [-0.2, 0) is 11.2 Å². The molecule has 1 aliphatic carbocycles. The molecule has 6 heteroatoms. The minimum Gasteiger partial charge on any atom is -0.481 e. The van der Waals surface area contributed by atoms with Crippen molar-refractivity contribution in [2.24, 2.45) is 0 Å². The van der Waals surface area contributed by atoms with Gasteiger partial charge >= 0.3 is 5.97 Å². The minimum absolute atomic E-state index is 0.170. The quantitative estimate of drug-likeness (QED) is 0.921. The molecule has 3 rings (SSSR count). The Morgan fingerprint density at radius 3 is 2.70 bits per heavy atom. The third-order valence-electron chi connectivity index (χ3n) is 3.43. The SMILES string of the molecule is O=C(O)C1CCCc2sc(-c3c(F)cccc3F)nc21. The zero-order valence-corrected chi connectivity index (χ0v) is 11.2.